The molecule has 0 radical (unpaired) electrons. The summed E-state index contributed by atoms with van der Waals surface area (Å²) in [6.07, 6.45) is -0.0346. The molecule has 0 atom stereocenters. The molecule has 7 heteroatoms. The Morgan fingerprint density at radius 1 is 1.33 bits per heavy atom. The predicted octanol–water partition coefficient (Wildman–Crippen LogP) is 0.128. The van der Waals surface area contributed by atoms with Crippen molar-refractivity contribution in [1.29, 1.82) is 0 Å². The van der Waals surface area contributed by atoms with Gasteiger partial charge in [0.2, 0.25) is 11.8 Å². The molecule has 3 N–H and O–H groups in total. The van der Waals surface area contributed by atoms with E-state index in [0.717, 1.165) is 0 Å². The monoisotopic (exact) mass is 256 g/mol. The van der Waals surface area contributed by atoms with E-state index in [1.165, 1.54) is 18.2 Å². The van der Waals surface area contributed by atoms with E-state index < -0.39 is 24.2 Å². The van der Waals surface area contributed by atoms with Gasteiger partial charge in [-0.15, -0.1) is 0 Å². The number of hydrogen-bond acceptors (Lipinski definition) is 4. The fourth-order valence-corrected chi connectivity index (χ4v) is 1.05. The maximum atomic E-state index is 13.1. The molecular weight excluding hydrogens is 243 g/mol. The highest BCUT2D eigenvalue weighted by molar-refractivity contribution is 5.76. The number of carbonyl (C=O) groups excluding carboxylic acids is 2. The minimum Gasteiger partial charge on any atom is -0.490 e. The Kier molecular flexibility index (Phi) is 5.59. The van der Waals surface area contributed by atoms with E-state index in [0.29, 0.717) is 0 Å². The van der Waals surface area contributed by atoms with Crippen LogP contribution in [0.3, 0.4) is 0 Å². The molecule has 1 aromatic carbocycles. The van der Waals surface area contributed by atoms with Gasteiger partial charge in [-0.05, 0) is 12.1 Å². The molecule has 0 aliphatic carbocycles. The fourth-order valence-electron chi connectivity index (χ4n) is 1.05. The number of hydrogen-bond donors (Lipinski definition) is 2. The van der Waals surface area contributed by atoms with Crippen molar-refractivity contribution in [3.05, 3.63) is 30.1 Å². The van der Waals surface area contributed by atoms with E-state index in [1.54, 1.807) is 6.07 Å². The maximum absolute atomic E-state index is 13.1. The Morgan fingerprint density at radius 3 is 2.72 bits per heavy atom. The number of primary amides is 1. The fraction of sp³-hybridized carbons (Fsp3) is 0.273. The molecule has 98 valence electrons. The molecule has 0 heterocycles. The second-order valence-electron chi connectivity index (χ2n) is 3.31. The third-order valence-corrected chi connectivity index (χ3v) is 1.82. The Bertz CT molecular complexity index is 425. The largest absolute Gasteiger partial charge is 0.490 e. The SMILES string of the molecule is NC(=O)CONC(=O)CCOc1ccccc1F. The summed E-state index contributed by atoms with van der Waals surface area (Å²) in [6, 6.07) is 5.86. The summed E-state index contributed by atoms with van der Waals surface area (Å²) < 4.78 is 18.2. The number of hydroxylamine groups is 1. The Hall–Kier alpha value is -2.15. The predicted molar refractivity (Wildman–Crippen MR) is 59.8 cm³/mol. The van der Waals surface area contributed by atoms with E-state index in [2.05, 4.69) is 4.84 Å². The van der Waals surface area contributed by atoms with E-state index >= 15 is 0 Å². The van der Waals surface area contributed by atoms with Crippen molar-refractivity contribution in [2.45, 2.75) is 6.42 Å². The molecule has 0 aliphatic heterocycles. The normalized spacial score (nSPS) is 9.83. The lowest BCUT2D eigenvalue weighted by Crippen LogP contribution is -2.30. The summed E-state index contributed by atoms with van der Waals surface area (Å²) in [5.41, 5.74) is 6.79. The third kappa shape index (κ3) is 5.26. The van der Waals surface area contributed by atoms with Gasteiger partial charge in [-0.25, -0.2) is 9.87 Å². The molecule has 0 saturated carbocycles. The van der Waals surface area contributed by atoms with Gasteiger partial charge < -0.3 is 10.5 Å². The molecule has 0 bridgehead atoms. The van der Waals surface area contributed by atoms with Crippen molar-refractivity contribution in [2.24, 2.45) is 5.73 Å². The smallest absolute Gasteiger partial charge is 0.246 e. The first kappa shape index (κ1) is 13.9. The molecule has 1 rings (SSSR count). The molecule has 0 saturated heterocycles. The molecule has 0 fully saturated rings. The van der Waals surface area contributed by atoms with Crippen LogP contribution in [0.1, 0.15) is 6.42 Å². The second-order valence-corrected chi connectivity index (χ2v) is 3.31. The molecule has 0 spiro atoms. The summed E-state index contributed by atoms with van der Waals surface area (Å²) in [4.78, 5) is 25.9. The number of rotatable bonds is 7. The van der Waals surface area contributed by atoms with Crippen molar-refractivity contribution < 1.29 is 23.6 Å². The summed E-state index contributed by atoms with van der Waals surface area (Å²) in [6.45, 7) is -0.410. The van der Waals surface area contributed by atoms with Crippen LogP contribution >= 0.6 is 0 Å². The van der Waals surface area contributed by atoms with Gasteiger partial charge in [0, 0.05) is 0 Å². The average molecular weight is 256 g/mol. The molecule has 0 aromatic heterocycles. The van der Waals surface area contributed by atoms with Crippen LogP contribution in [-0.2, 0) is 14.4 Å². The van der Waals surface area contributed by atoms with Gasteiger partial charge in [-0.1, -0.05) is 12.1 Å². The zero-order valence-electron chi connectivity index (χ0n) is 9.52. The first-order valence-electron chi connectivity index (χ1n) is 5.16. The summed E-state index contributed by atoms with van der Waals surface area (Å²) >= 11 is 0. The summed E-state index contributed by atoms with van der Waals surface area (Å²) in [5, 5.41) is 0. The quantitative estimate of drug-likeness (QED) is 0.678. The van der Waals surface area contributed by atoms with Crippen molar-refractivity contribution in [2.75, 3.05) is 13.2 Å². The molecule has 1 aromatic rings. The number of nitrogens with one attached hydrogen (secondary N) is 1. The zero-order chi connectivity index (χ0) is 13.4. The van der Waals surface area contributed by atoms with Gasteiger partial charge in [-0.2, -0.15) is 0 Å². The van der Waals surface area contributed by atoms with Gasteiger partial charge in [0.15, 0.2) is 18.2 Å². The van der Waals surface area contributed by atoms with E-state index in [1.807, 2.05) is 5.48 Å². The molecule has 18 heavy (non-hydrogen) atoms. The van der Waals surface area contributed by atoms with E-state index in [-0.39, 0.29) is 18.8 Å². The lowest BCUT2D eigenvalue weighted by Gasteiger charge is -2.07. The zero-order valence-corrected chi connectivity index (χ0v) is 9.52. The van der Waals surface area contributed by atoms with Crippen molar-refractivity contribution in [3.8, 4) is 5.75 Å². The van der Waals surface area contributed by atoms with Crippen LogP contribution in [0, 0.1) is 5.82 Å². The van der Waals surface area contributed by atoms with E-state index in [4.69, 9.17) is 10.5 Å². The Morgan fingerprint density at radius 2 is 2.06 bits per heavy atom. The number of carbonyl (C=O) groups is 2. The lowest BCUT2D eigenvalue weighted by atomic mass is 10.3. The van der Waals surface area contributed by atoms with Crippen molar-refractivity contribution in [3.63, 3.8) is 0 Å². The van der Waals surface area contributed by atoms with Crippen LogP contribution in [0.4, 0.5) is 4.39 Å². The lowest BCUT2D eigenvalue weighted by molar-refractivity contribution is -0.138. The average Bonchev–Trinajstić information content (AvgIpc) is 2.31. The highest BCUT2D eigenvalue weighted by atomic mass is 19.1. The van der Waals surface area contributed by atoms with Crippen LogP contribution in [-0.4, -0.2) is 25.0 Å². The van der Waals surface area contributed by atoms with Gasteiger partial charge >= 0.3 is 0 Å². The highest BCUT2D eigenvalue weighted by Crippen LogP contribution is 2.15. The Balaban J connectivity index is 2.20. The summed E-state index contributed by atoms with van der Waals surface area (Å²) in [7, 11) is 0. The minimum atomic E-state index is -0.696. The summed E-state index contributed by atoms with van der Waals surface area (Å²) in [5.74, 6) is -1.61. The molecule has 2 amide bonds. The standard InChI is InChI=1S/C11H13FN2O4/c12-8-3-1-2-4-9(8)17-6-5-11(16)14-18-7-10(13)15/h1-4H,5-7H2,(H2,13,15)(H,14,16). The number of halogens is 1. The number of ether oxygens (including phenoxy) is 1. The molecule has 0 unspecified atom stereocenters. The van der Waals surface area contributed by atoms with Crippen molar-refractivity contribution >= 4 is 11.8 Å². The third-order valence-electron chi connectivity index (χ3n) is 1.82. The van der Waals surface area contributed by atoms with Crippen LogP contribution in [0.2, 0.25) is 0 Å². The first-order valence-corrected chi connectivity index (χ1v) is 5.16. The van der Waals surface area contributed by atoms with Gasteiger partial charge in [-0.3, -0.25) is 14.4 Å². The van der Waals surface area contributed by atoms with Gasteiger partial charge in [0.05, 0.1) is 13.0 Å². The molecule has 0 aliphatic rings. The second kappa shape index (κ2) is 7.23. The van der Waals surface area contributed by atoms with E-state index in [9.17, 15) is 14.0 Å². The van der Waals surface area contributed by atoms with Crippen molar-refractivity contribution in [1.82, 2.24) is 5.48 Å². The van der Waals surface area contributed by atoms with Crippen LogP contribution < -0.4 is 16.0 Å². The topological polar surface area (TPSA) is 90.7 Å². The van der Waals surface area contributed by atoms with Crippen LogP contribution in [0.25, 0.3) is 0 Å². The van der Waals surface area contributed by atoms with Gasteiger partial charge in [0.1, 0.15) is 0 Å². The Labute approximate surface area is 103 Å². The van der Waals surface area contributed by atoms with Gasteiger partial charge in [0.25, 0.3) is 0 Å². The molecular formula is C11H13FN2O4. The number of benzene rings is 1. The minimum absolute atomic E-state index is 0.00724. The maximum Gasteiger partial charge on any atom is 0.246 e. The molecule has 6 nitrogen and oxygen atoms in total. The number of nitrogens with two attached hydrogens (primary N) is 1. The highest BCUT2D eigenvalue weighted by Gasteiger charge is 2.05. The number of amides is 2. The number of para-hydroxylation sites is 1. The van der Waals surface area contributed by atoms with Crippen LogP contribution in [0.5, 0.6) is 5.75 Å². The van der Waals surface area contributed by atoms with Crippen LogP contribution in [0.15, 0.2) is 24.3 Å². The first-order chi connectivity index (χ1) is 8.59.